The van der Waals surface area contributed by atoms with Crippen LogP contribution in [0.5, 0.6) is 11.5 Å². The molecule has 17 heavy (non-hydrogen) atoms. The Morgan fingerprint density at radius 1 is 0.941 bits per heavy atom. The van der Waals surface area contributed by atoms with Gasteiger partial charge in [0.05, 0.1) is 4.90 Å². The third-order valence-electron chi connectivity index (χ3n) is 2.00. The minimum Gasteiger partial charge on any atom is -0.744 e. The van der Waals surface area contributed by atoms with Gasteiger partial charge in [-0.15, -0.1) is 0 Å². The van der Waals surface area contributed by atoms with Crippen molar-refractivity contribution in [1.82, 2.24) is 4.98 Å². The number of nitrogens with zero attached hydrogens (tertiary/aromatic N) is 1. The Kier molecular flexibility index (Phi) is 3.08. The van der Waals surface area contributed by atoms with Crippen LogP contribution in [0.1, 0.15) is 0 Å². The van der Waals surface area contributed by atoms with Crippen LogP contribution in [-0.2, 0) is 10.1 Å². The second-order valence-corrected chi connectivity index (χ2v) is 4.59. The maximum atomic E-state index is 10.7. The summed E-state index contributed by atoms with van der Waals surface area (Å²) < 4.78 is 37.5. The molecule has 0 saturated carbocycles. The molecule has 5 nitrogen and oxygen atoms in total. The topological polar surface area (TPSA) is 79.3 Å². The maximum Gasteiger partial charge on any atom is 0.130 e. The number of pyridine rings is 1. The summed E-state index contributed by atoms with van der Waals surface area (Å²) in [5.74, 6) is 1.03. The fourth-order valence-corrected chi connectivity index (χ4v) is 1.69. The zero-order valence-corrected chi connectivity index (χ0v) is 9.42. The summed E-state index contributed by atoms with van der Waals surface area (Å²) in [5.41, 5.74) is 0. The first-order valence-corrected chi connectivity index (χ1v) is 6.10. The Morgan fingerprint density at radius 2 is 1.47 bits per heavy atom. The Balaban J connectivity index is 2.20. The Morgan fingerprint density at radius 3 is 2.00 bits per heavy atom. The molecule has 0 aliphatic heterocycles. The molecule has 1 aromatic heterocycles. The number of hydrogen-bond acceptors (Lipinski definition) is 5. The molecule has 0 aliphatic carbocycles. The van der Waals surface area contributed by atoms with Gasteiger partial charge in [0.2, 0.25) is 0 Å². The number of aromatic nitrogens is 1. The van der Waals surface area contributed by atoms with Crippen molar-refractivity contribution in [2.24, 2.45) is 0 Å². The van der Waals surface area contributed by atoms with Crippen molar-refractivity contribution in [1.29, 1.82) is 0 Å². The highest BCUT2D eigenvalue weighted by molar-refractivity contribution is 7.85. The van der Waals surface area contributed by atoms with E-state index in [-0.39, 0.29) is 4.90 Å². The van der Waals surface area contributed by atoms with Crippen molar-refractivity contribution < 1.29 is 17.7 Å². The predicted molar refractivity (Wildman–Crippen MR) is 58.7 cm³/mol. The largest absolute Gasteiger partial charge is 0.744 e. The lowest BCUT2D eigenvalue weighted by Gasteiger charge is -2.08. The van der Waals surface area contributed by atoms with Gasteiger partial charge in [-0.3, -0.25) is 4.98 Å². The van der Waals surface area contributed by atoms with E-state index < -0.39 is 10.1 Å². The molecule has 0 atom stereocenters. The quantitative estimate of drug-likeness (QED) is 0.776. The van der Waals surface area contributed by atoms with Gasteiger partial charge >= 0.3 is 0 Å². The van der Waals surface area contributed by atoms with Crippen LogP contribution in [0.15, 0.2) is 53.7 Å². The van der Waals surface area contributed by atoms with Gasteiger partial charge in [0, 0.05) is 12.4 Å². The van der Waals surface area contributed by atoms with Crippen LogP contribution in [-0.4, -0.2) is 18.0 Å². The summed E-state index contributed by atoms with van der Waals surface area (Å²) in [4.78, 5) is 3.55. The van der Waals surface area contributed by atoms with Gasteiger partial charge in [-0.05, 0) is 36.4 Å². The average Bonchev–Trinajstić information content (AvgIpc) is 2.30. The van der Waals surface area contributed by atoms with Gasteiger partial charge in [-0.2, -0.15) is 0 Å². The smallest absolute Gasteiger partial charge is 0.130 e. The van der Waals surface area contributed by atoms with Gasteiger partial charge in [-0.1, -0.05) is 0 Å². The summed E-state index contributed by atoms with van der Waals surface area (Å²) in [6, 6.07) is 8.59. The average molecular weight is 250 g/mol. The van der Waals surface area contributed by atoms with Gasteiger partial charge in [-0.25, -0.2) is 8.42 Å². The number of ether oxygens (including phenoxy) is 1. The predicted octanol–water partition coefficient (Wildman–Crippen LogP) is 1.78. The van der Waals surface area contributed by atoms with E-state index in [1.54, 1.807) is 24.5 Å². The SMILES string of the molecule is O=S(=O)([O-])c1ccc(Oc2ccncc2)cc1. The van der Waals surface area contributed by atoms with E-state index >= 15 is 0 Å². The molecule has 0 aliphatic rings. The summed E-state index contributed by atoms with van der Waals surface area (Å²) in [6.45, 7) is 0. The Labute approximate surface area is 98.5 Å². The second-order valence-electron chi connectivity index (χ2n) is 3.21. The van der Waals surface area contributed by atoms with Crippen LogP contribution < -0.4 is 4.74 Å². The monoisotopic (exact) mass is 250 g/mol. The maximum absolute atomic E-state index is 10.7. The molecular formula is C11H8NO4S-. The van der Waals surface area contributed by atoms with Crippen molar-refractivity contribution in [3.8, 4) is 11.5 Å². The lowest BCUT2D eigenvalue weighted by molar-refractivity contribution is 0.462. The van der Waals surface area contributed by atoms with E-state index in [1.165, 1.54) is 24.3 Å². The summed E-state index contributed by atoms with van der Waals surface area (Å²) in [5, 5.41) is 0. The molecule has 0 saturated heterocycles. The summed E-state index contributed by atoms with van der Waals surface area (Å²) in [6.07, 6.45) is 3.15. The van der Waals surface area contributed by atoms with Crippen LogP contribution in [0.2, 0.25) is 0 Å². The number of hydrogen-bond donors (Lipinski definition) is 0. The molecular weight excluding hydrogens is 242 g/mol. The highest BCUT2D eigenvalue weighted by Gasteiger charge is 2.01. The van der Waals surface area contributed by atoms with Gasteiger partial charge in [0.1, 0.15) is 21.6 Å². The van der Waals surface area contributed by atoms with E-state index in [2.05, 4.69) is 4.98 Å². The molecule has 0 amide bonds. The van der Waals surface area contributed by atoms with E-state index in [0.29, 0.717) is 11.5 Å². The van der Waals surface area contributed by atoms with Crippen molar-refractivity contribution >= 4 is 10.1 Å². The highest BCUT2D eigenvalue weighted by Crippen LogP contribution is 2.21. The first kappa shape index (κ1) is 11.6. The molecule has 1 aromatic carbocycles. The fourth-order valence-electron chi connectivity index (χ4n) is 1.22. The van der Waals surface area contributed by atoms with Crippen molar-refractivity contribution in [3.63, 3.8) is 0 Å². The van der Waals surface area contributed by atoms with E-state index in [1.807, 2.05) is 0 Å². The van der Waals surface area contributed by atoms with Crippen molar-refractivity contribution in [2.75, 3.05) is 0 Å². The summed E-state index contributed by atoms with van der Waals surface area (Å²) in [7, 11) is -4.41. The van der Waals surface area contributed by atoms with Gasteiger partial charge < -0.3 is 9.29 Å². The van der Waals surface area contributed by atoms with Crippen molar-refractivity contribution in [2.45, 2.75) is 4.90 Å². The standard InChI is InChI=1S/C11H9NO4S/c13-17(14,15)11-3-1-9(2-4-11)16-10-5-7-12-8-6-10/h1-8H,(H,13,14,15)/p-1. The fraction of sp³-hybridized carbons (Fsp3) is 0. The number of benzene rings is 1. The molecule has 1 heterocycles. The van der Waals surface area contributed by atoms with Crippen LogP contribution in [0.3, 0.4) is 0 Å². The highest BCUT2D eigenvalue weighted by atomic mass is 32.2. The van der Waals surface area contributed by atoms with E-state index in [9.17, 15) is 13.0 Å². The van der Waals surface area contributed by atoms with Crippen LogP contribution >= 0.6 is 0 Å². The Bertz CT molecular complexity index is 593. The van der Waals surface area contributed by atoms with Crippen LogP contribution in [0.4, 0.5) is 0 Å². The Hall–Kier alpha value is -1.92. The molecule has 0 N–H and O–H groups in total. The minimum atomic E-state index is -4.41. The zero-order valence-electron chi connectivity index (χ0n) is 8.61. The van der Waals surface area contributed by atoms with Gasteiger partial charge in [0.25, 0.3) is 0 Å². The van der Waals surface area contributed by atoms with Crippen LogP contribution in [0.25, 0.3) is 0 Å². The molecule has 0 radical (unpaired) electrons. The zero-order chi connectivity index (χ0) is 12.3. The van der Waals surface area contributed by atoms with Crippen LogP contribution in [0, 0.1) is 0 Å². The third kappa shape index (κ3) is 3.02. The molecule has 0 spiro atoms. The van der Waals surface area contributed by atoms with E-state index in [0.717, 1.165) is 0 Å². The van der Waals surface area contributed by atoms with Crippen molar-refractivity contribution in [3.05, 3.63) is 48.8 Å². The molecule has 2 aromatic rings. The lowest BCUT2D eigenvalue weighted by Crippen LogP contribution is -1.97. The molecule has 0 unspecified atom stereocenters. The first-order chi connectivity index (χ1) is 8.05. The molecule has 2 rings (SSSR count). The van der Waals surface area contributed by atoms with E-state index in [4.69, 9.17) is 4.74 Å². The first-order valence-electron chi connectivity index (χ1n) is 4.69. The lowest BCUT2D eigenvalue weighted by atomic mass is 10.3. The normalized spacial score (nSPS) is 11.1. The van der Waals surface area contributed by atoms with Gasteiger partial charge in [0.15, 0.2) is 0 Å². The summed E-state index contributed by atoms with van der Waals surface area (Å²) >= 11 is 0. The molecule has 88 valence electrons. The minimum absolute atomic E-state index is 0.278. The molecule has 0 bridgehead atoms. The second kappa shape index (κ2) is 4.52. The molecule has 0 fully saturated rings. The third-order valence-corrected chi connectivity index (χ3v) is 2.85. The molecule has 6 heteroatoms. The number of rotatable bonds is 3.